The number of amides is 2. The first-order chi connectivity index (χ1) is 8.09. The molecule has 0 radical (unpaired) electrons. The van der Waals surface area contributed by atoms with E-state index in [1.807, 2.05) is 20.8 Å². The summed E-state index contributed by atoms with van der Waals surface area (Å²) in [6, 6.07) is -0.928. The van der Waals surface area contributed by atoms with Gasteiger partial charge < -0.3 is 10.6 Å². The van der Waals surface area contributed by atoms with Crippen molar-refractivity contribution in [2.45, 2.75) is 44.7 Å². The molecule has 1 atom stereocenters. The first kappa shape index (κ1) is 18.0. The lowest BCUT2D eigenvalue weighted by Crippen LogP contribution is -2.48. The Labute approximate surface area is 117 Å². The molecule has 0 aromatic rings. The molecule has 2 amide bonds. The summed E-state index contributed by atoms with van der Waals surface area (Å²) in [6.07, 6.45) is -0.528. The second-order valence-corrected chi connectivity index (χ2v) is 5.51. The van der Waals surface area contributed by atoms with Crippen LogP contribution in [0.3, 0.4) is 0 Å². The summed E-state index contributed by atoms with van der Waals surface area (Å²) in [5.41, 5.74) is -0.388. The van der Waals surface area contributed by atoms with Gasteiger partial charge in [-0.05, 0) is 20.8 Å². The number of alkyl halides is 2. The third kappa shape index (κ3) is 6.68. The highest BCUT2D eigenvalue weighted by Crippen LogP contribution is 2.24. The summed E-state index contributed by atoms with van der Waals surface area (Å²) < 4.78 is 25.7. The molecule has 8 heteroatoms. The Kier molecular flexibility index (Phi) is 6.15. The van der Waals surface area contributed by atoms with E-state index in [0.717, 1.165) is 0 Å². The van der Waals surface area contributed by atoms with E-state index in [0.29, 0.717) is 0 Å². The molecule has 0 saturated carbocycles. The number of halogens is 3. The quantitative estimate of drug-likeness (QED) is 0.708. The number of hydrogen-bond acceptors (Lipinski definition) is 3. The van der Waals surface area contributed by atoms with Gasteiger partial charge in [-0.25, -0.2) is 8.78 Å². The van der Waals surface area contributed by atoms with Gasteiger partial charge >= 0.3 is 0 Å². The van der Waals surface area contributed by atoms with Crippen LogP contribution in [-0.2, 0) is 9.59 Å². The third-order valence-electron chi connectivity index (χ3n) is 2.36. The van der Waals surface area contributed by atoms with Crippen molar-refractivity contribution in [3.63, 3.8) is 0 Å². The first-order valence-electron chi connectivity index (χ1n) is 5.79. The van der Waals surface area contributed by atoms with Gasteiger partial charge in [0.05, 0.1) is 19.1 Å². The van der Waals surface area contributed by atoms with Crippen molar-refractivity contribution < 1.29 is 18.4 Å². The second kappa shape index (κ2) is 6.47. The van der Waals surface area contributed by atoms with Crippen molar-refractivity contribution in [1.29, 1.82) is 0 Å². The zero-order valence-electron chi connectivity index (χ0n) is 11.2. The Morgan fingerprint density at radius 3 is 2.37 bits per heavy atom. The second-order valence-electron chi connectivity index (χ2n) is 5.51. The molecule has 19 heavy (non-hydrogen) atoms. The van der Waals surface area contributed by atoms with Crippen LogP contribution in [0.4, 0.5) is 8.78 Å². The summed E-state index contributed by atoms with van der Waals surface area (Å²) >= 11 is 0. The number of carbonyl (C=O) groups excluding carboxylic acids is 2. The number of hydrogen-bond donors (Lipinski definition) is 3. The first-order valence-corrected chi connectivity index (χ1v) is 5.79. The maximum atomic E-state index is 12.9. The molecule has 0 bridgehead atoms. The van der Waals surface area contributed by atoms with Gasteiger partial charge in [0.15, 0.2) is 0 Å². The minimum absolute atomic E-state index is 0. The molecule has 3 N–H and O–H groups in total. The van der Waals surface area contributed by atoms with E-state index in [2.05, 4.69) is 16.0 Å². The lowest BCUT2D eigenvalue weighted by atomic mass is 10.1. The van der Waals surface area contributed by atoms with Crippen LogP contribution in [0, 0.1) is 0 Å². The molecule has 1 saturated heterocycles. The van der Waals surface area contributed by atoms with Crippen LogP contribution in [0.1, 0.15) is 27.2 Å². The molecule has 1 unspecified atom stereocenters. The number of carbonyl (C=O) groups is 2. The summed E-state index contributed by atoms with van der Waals surface area (Å²) in [4.78, 5) is 22.9. The molecule has 1 heterocycles. The van der Waals surface area contributed by atoms with E-state index in [9.17, 15) is 18.4 Å². The van der Waals surface area contributed by atoms with E-state index >= 15 is 0 Å². The zero-order chi connectivity index (χ0) is 14.0. The molecule has 0 aromatic carbocycles. The molecule has 1 aliphatic rings. The molecule has 1 fully saturated rings. The van der Waals surface area contributed by atoms with Crippen LogP contribution < -0.4 is 16.0 Å². The van der Waals surface area contributed by atoms with Gasteiger partial charge in [-0.3, -0.25) is 14.9 Å². The maximum absolute atomic E-state index is 12.9. The average Bonchev–Trinajstić information content (AvgIpc) is 2.52. The Balaban J connectivity index is 0.00000324. The van der Waals surface area contributed by atoms with Crippen molar-refractivity contribution in [1.82, 2.24) is 16.0 Å². The molecule has 5 nitrogen and oxygen atoms in total. The van der Waals surface area contributed by atoms with Gasteiger partial charge in [0.2, 0.25) is 11.8 Å². The van der Waals surface area contributed by atoms with E-state index < -0.39 is 30.8 Å². The maximum Gasteiger partial charge on any atom is 0.262 e. The summed E-state index contributed by atoms with van der Waals surface area (Å²) in [7, 11) is 0. The standard InChI is InChI=1S/C11H19F2N3O2.ClH/c1-10(2,3)16-8(17)5-14-9(18)7-4-11(12,13)6-15-7;/h7,15H,4-6H2,1-3H3,(H,14,18)(H,16,17);1H. The summed E-state index contributed by atoms with van der Waals surface area (Å²) in [5.74, 6) is -3.77. The smallest absolute Gasteiger partial charge is 0.262 e. The van der Waals surface area contributed by atoms with Crippen LogP contribution in [0.2, 0.25) is 0 Å². The number of nitrogens with one attached hydrogen (secondary N) is 3. The zero-order valence-corrected chi connectivity index (χ0v) is 12.0. The predicted octanol–water partition coefficient (Wildman–Crippen LogP) is 0.436. The van der Waals surface area contributed by atoms with Crippen molar-refractivity contribution in [2.75, 3.05) is 13.1 Å². The van der Waals surface area contributed by atoms with E-state index in [4.69, 9.17) is 0 Å². The fourth-order valence-corrected chi connectivity index (χ4v) is 1.65. The van der Waals surface area contributed by atoms with Crippen LogP contribution in [0.25, 0.3) is 0 Å². The minimum Gasteiger partial charge on any atom is -0.350 e. The van der Waals surface area contributed by atoms with Crippen molar-refractivity contribution >= 4 is 24.2 Å². The summed E-state index contributed by atoms with van der Waals surface area (Å²) in [6.45, 7) is 4.72. The van der Waals surface area contributed by atoms with Crippen LogP contribution >= 0.6 is 12.4 Å². The van der Waals surface area contributed by atoms with Crippen molar-refractivity contribution in [3.8, 4) is 0 Å². The largest absolute Gasteiger partial charge is 0.350 e. The van der Waals surface area contributed by atoms with Crippen LogP contribution in [-0.4, -0.2) is 42.4 Å². The third-order valence-corrected chi connectivity index (χ3v) is 2.36. The average molecular weight is 300 g/mol. The van der Waals surface area contributed by atoms with E-state index in [1.54, 1.807) is 0 Å². The van der Waals surface area contributed by atoms with Crippen molar-refractivity contribution in [2.24, 2.45) is 0 Å². The highest BCUT2D eigenvalue weighted by Gasteiger charge is 2.42. The van der Waals surface area contributed by atoms with Gasteiger partial charge in [0, 0.05) is 12.0 Å². The molecule has 0 spiro atoms. The van der Waals surface area contributed by atoms with Gasteiger partial charge in [-0.1, -0.05) is 0 Å². The van der Waals surface area contributed by atoms with Gasteiger partial charge in [0.25, 0.3) is 5.92 Å². The molecule has 1 rings (SSSR count). The lowest BCUT2D eigenvalue weighted by molar-refractivity contribution is -0.128. The highest BCUT2D eigenvalue weighted by atomic mass is 35.5. The molecule has 112 valence electrons. The van der Waals surface area contributed by atoms with E-state index in [-0.39, 0.29) is 30.4 Å². The minimum atomic E-state index is -2.85. The fourth-order valence-electron chi connectivity index (χ4n) is 1.65. The Hall–Kier alpha value is -0.950. The summed E-state index contributed by atoms with van der Waals surface area (Å²) in [5, 5.41) is 7.42. The van der Waals surface area contributed by atoms with Gasteiger partial charge in [-0.2, -0.15) is 0 Å². The Morgan fingerprint density at radius 2 is 1.95 bits per heavy atom. The molecule has 1 aliphatic heterocycles. The molecule has 0 aromatic heterocycles. The predicted molar refractivity (Wildman–Crippen MR) is 69.5 cm³/mol. The van der Waals surface area contributed by atoms with Crippen LogP contribution in [0.5, 0.6) is 0 Å². The van der Waals surface area contributed by atoms with Crippen LogP contribution in [0.15, 0.2) is 0 Å². The highest BCUT2D eigenvalue weighted by molar-refractivity contribution is 5.87. The molecule has 0 aliphatic carbocycles. The Morgan fingerprint density at radius 1 is 1.37 bits per heavy atom. The molecular weight excluding hydrogens is 280 g/mol. The van der Waals surface area contributed by atoms with E-state index in [1.165, 1.54) is 0 Å². The lowest BCUT2D eigenvalue weighted by Gasteiger charge is -2.20. The number of rotatable bonds is 3. The van der Waals surface area contributed by atoms with Gasteiger partial charge in [-0.15, -0.1) is 12.4 Å². The normalized spacial score (nSPS) is 21.4. The van der Waals surface area contributed by atoms with Crippen molar-refractivity contribution in [3.05, 3.63) is 0 Å². The Bertz CT molecular complexity index is 345. The molecular formula is C11H20ClF2N3O2. The monoisotopic (exact) mass is 299 g/mol. The fraction of sp³-hybridized carbons (Fsp3) is 0.818. The topological polar surface area (TPSA) is 70.2 Å². The SMILES string of the molecule is CC(C)(C)NC(=O)CNC(=O)C1CC(F)(F)CN1.Cl. The van der Waals surface area contributed by atoms with Gasteiger partial charge in [0.1, 0.15) is 0 Å².